The SMILES string of the molecule is CN(CCC(=O)Nc1ccccc1F)CC(=O)Nc1ccccc1Br. The van der Waals surface area contributed by atoms with Gasteiger partial charge < -0.3 is 10.6 Å². The van der Waals surface area contributed by atoms with Crippen LogP contribution in [0.5, 0.6) is 0 Å². The molecular formula is C18H19BrFN3O2. The van der Waals surface area contributed by atoms with Crippen molar-refractivity contribution in [1.82, 2.24) is 4.90 Å². The molecule has 2 aromatic rings. The molecule has 2 amide bonds. The van der Waals surface area contributed by atoms with Gasteiger partial charge in [0.15, 0.2) is 0 Å². The fraction of sp³-hybridized carbons (Fsp3) is 0.222. The van der Waals surface area contributed by atoms with Crippen LogP contribution >= 0.6 is 15.9 Å². The van der Waals surface area contributed by atoms with Gasteiger partial charge in [-0.25, -0.2) is 4.39 Å². The third kappa shape index (κ3) is 6.28. The predicted molar refractivity (Wildman–Crippen MR) is 99.9 cm³/mol. The molecule has 0 fully saturated rings. The van der Waals surface area contributed by atoms with Crippen LogP contribution in [0.25, 0.3) is 0 Å². The lowest BCUT2D eigenvalue weighted by molar-refractivity contribution is -0.119. The van der Waals surface area contributed by atoms with Gasteiger partial charge in [-0.2, -0.15) is 0 Å². The number of rotatable bonds is 7. The summed E-state index contributed by atoms with van der Waals surface area (Å²) < 4.78 is 14.3. The smallest absolute Gasteiger partial charge is 0.238 e. The maximum absolute atomic E-state index is 13.5. The second-order valence-corrected chi connectivity index (χ2v) is 6.40. The maximum atomic E-state index is 13.5. The zero-order chi connectivity index (χ0) is 18.2. The number of halogens is 2. The molecule has 0 atom stereocenters. The zero-order valence-electron chi connectivity index (χ0n) is 13.8. The van der Waals surface area contributed by atoms with Gasteiger partial charge >= 0.3 is 0 Å². The maximum Gasteiger partial charge on any atom is 0.238 e. The minimum atomic E-state index is -0.475. The normalized spacial score (nSPS) is 10.6. The number of likely N-dealkylation sites (N-methyl/N-ethyl adjacent to an activating group) is 1. The lowest BCUT2D eigenvalue weighted by Gasteiger charge is -2.16. The third-order valence-corrected chi connectivity index (χ3v) is 4.12. The second kappa shape index (κ2) is 9.29. The molecule has 0 spiro atoms. The molecule has 0 bridgehead atoms. The van der Waals surface area contributed by atoms with E-state index in [9.17, 15) is 14.0 Å². The van der Waals surface area contributed by atoms with Crippen LogP contribution < -0.4 is 10.6 Å². The van der Waals surface area contributed by atoms with Crippen molar-refractivity contribution < 1.29 is 14.0 Å². The molecule has 5 nitrogen and oxygen atoms in total. The van der Waals surface area contributed by atoms with Crippen molar-refractivity contribution in [2.45, 2.75) is 6.42 Å². The Morgan fingerprint density at radius 1 is 1.00 bits per heavy atom. The van der Waals surface area contributed by atoms with Crippen LogP contribution in [0.1, 0.15) is 6.42 Å². The molecule has 2 N–H and O–H groups in total. The highest BCUT2D eigenvalue weighted by Gasteiger charge is 2.11. The van der Waals surface area contributed by atoms with Gasteiger partial charge in [0, 0.05) is 17.4 Å². The molecule has 0 saturated heterocycles. The van der Waals surface area contributed by atoms with Crippen LogP contribution in [0.3, 0.4) is 0 Å². The highest BCUT2D eigenvalue weighted by molar-refractivity contribution is 9.10. The number of carbonyl (C=O) groups is 2. The summed E-state index contributed by atoms with van der Waals surface area (Å²) in [5.74, 6) is -0.955. The Morgan fingerprint density at radius 2 is 1.60 bits per heavy atom. The number of para-hydroxylation sites is 2. The highest BCUT2D eigenvalue weighted by atomic mass is 79.9. The van der Waals surface area contributed by atoms with Crippen molar-refractivity contribution in [2.24, 2.45) is 0 Å². The van der Waals surface area contributed by atoms with E-state index in [1.54, 1.807) is 30.1 Å². The first kappa shape index (κ1) is 19.1. The van der Waals surface area contributed by atoms with Gasteiger partial charge in [-0.1, -0.05) is 24.3 Å². The number of amides is 2. The molecule has 0 aliphatic heterocycles. The molecule has 7 heteroatoms. The summed E-state index contributed by atoms with van der Waals surface area (Å²) in [6.45, 7) is 0.526. The topological polar surface area (TPSA) is 61.4 Å². The van der Waals surface area contributed by atoms with Crippen LogP contribution in [0.4, 0.5) is 15.8 Å². The van der Waals surface area contributed by atoms with Gasteiger partial charge in [-0.05, 0) is 47.2 Å². The molecule has 0 heterocycles. The Labute approximate surface area is 154 Å². The first-order valence-corrected chi connectivity index (χ1v) is 8.52. The Kier molecular flexibility index (Phi) is 7.09. The molecule has 132 valence electrons. The third-order valence-electron chi connectivity index (χ3n) is 3.43. The van der Waals surface area contributed by atoms with Gasteiger partial charge in [-0.3, -0.25) is 14.5 Å². The average molecular weight is 408 g/mol. The van der Waals surface area contributed by atoms with E-state index >= 15 is 0 Å². The molecular weight excluding hydrogens is 389 g/mol. The minimum Gasteiger partial charge on any atom is -0.324 e. The number of carbonyl (C=O) groups excluding carboxylic acids is 2. The summed E-state index contributed by atoms with van der Waals surface area (Å²) in [6.07, 6.45) is 0.160. The summed E-state index contributed by atoms with van der Waals surface area (Å²) in [5, 5.41) is 5.32. The Balaban J connectivity index is 1.75. The number of nitrogens with zero attached hydrogens (tertiary/aromatic N) is 1. The van der Waals surface area contributed by atoms with E-state index in [0.29, 0.717) is 12.2 Å². The minimum absolute atomic E-state index is 0.147. The van der Waals surface area contributed by atoms with Gasteiger partial charge in [0.05, 0.1) is 17.9 Å². The number of nitrogens with one attached hydrogen (secondary N) is 2. The lowest BCUT2D eigenvalue weighted by Crippen LogP contribution is -2.32. The molecule has 0 aromatic heterocycles. The van der Waals surface area contributed by atoms with Gasteiger partial charge in [-0.15, -0.1) is 0 Å². The summed E-state index contributed by atoms with van der Waals surface area (Å²) in [6, 6.07) is 13.3. The summed E-state index contributed by atoms with van der Waals surface area (Å²) >= 11 is 3.37. The average Bonchev–Trinajstić information content (AvgIpc) is 2.57. The molecule has 2 aromatic carbocycles. The van der Waals surface area contributed by atoms with Crippen molar-refractivity contribution in [1.29, 1.82) is 0 Å². The molecule has 0 radical (unpaired) electrons. The van der Waals surface area contributed by atoms with E-state index in [-0.39, 0.29) is 30.5 Å². The number of hydrogen-bond donors (Lipinski definition) is 2. The van der Waals surface area contributed by atoms with Gasteiger partial charge in [0.1, 0.15) is 5.82 Å². The molecule has 2 rings (SSSR count). The first-order valence-electron chi connectivity index (χ1n) is 7.73. The van der Waals surface area contributed by atoms with E-state index in [2.05, 4.69) is 26.6 Å². The van der Waals surface area contributed by atoms with Crippen LogP contribution in [-0.2, 0) is 9.59 Å². The standard InChI is InChI=1S/C18H19BrFN3O2/c1-23(12-18(25)21-15-8-4-2-6-13(15)19)11-10-17(24)22-16-9-5-3-7-14(16)20/h2-9H,10-12H2,1H3,(H,21,25)(H,22,24). The zero-order valence-corrected chi connectivity index (χ0v) is 15.3. The monoisotopic (exact) mass is 407 g/mol. The van der Waals surface area contributed by atoms with Crippen LogP contribution in [0.2, 0.25) is 0 Å². The highest BCUT2D eigenvalue weighted by Crippen LogP contribution is 2.21. The van der Waals surface area contributed by atoms with Crippen molar-refractivity contribution in [3.05, 3.63) is 58.8 Å². The number of hydrogen-bond acceptors (Lipinski definition) is 3. The van der Waals surface area contributed by atoms with Crippen molar-refractivity contribution in [3.63, 3.8) is 0 Å². The molecule has 0 unspecified atom stereocenters. The molecule has 0 aliphatic carbocycles. The van der Waals surface area contributed by atoms with Crippen LogP contribution in [0.15, 0.2) is 53.0 Å². The predicted octanol–water partition coefficient (Wildman–Crippen LogP) is 3.49. The molecule has 0 aliphatic rings. The summed E-state index contributed by atoms with van der Waals surface area (Å²) in [7, 11) is 1.75. The molecule has 25 heavy (non-hydrogen) atoms. The first-order chi connectivity index (χ1) is 12.0. The lowest BCUT2D eigenvalue weighted by atomic mass is 10.3. The molecule has 0 saturated carbocycles. The van der Waals surface area contributed by atoms with E-state index in [1.807, 2.05) is 18.2 Å². The summed E-state index contributed by atoms with van der Waals surface area (Å²) in [4.78, 5) is 25.6. The largest absolute Gasteiger partial charge is 0.324 e. The van der Waals surface area contributed by atoms with Gasteiger partial charge in [0.25, 0.3) is 0 Å². The van der Waals surface area contributed by atoms with E-state index < -0.39 is 5.82 Å². The fourth-order valence-corrected chi connectivity index (χ4v) is 2.53. The summed E-state index contributed by atoms with van der Waals surface area (Å²) in [5.41, 5.74) is 0.847. The van der Waals surface area contributed by atoms with Crippen molar-refractivity contribution in [2.75, 3.05) is 30.8 Å². The van der Waals surface area contributed by atoms with E-state index in [1.165, 1.54) is 12.1 Å². The second-order valence-electron chi connectivity index (χ2n) is 5.54. The Morgan fingerprint density at radius 3 is 2.28 bits per heavy atom. The van der Waals surface area contributed by atoms with Gasteiger partial charge in [0.2, 0.25) is 11.8 Å². The number of benzene rings is 2. The quantitative estimate of drug-likeness (QED) is 0.738. The van der Waals surface area contributed by atoms with E-state index in [0.717, 1.165) is 4.47 Å². The van der Waals surface area contributed by atoms with Crippen molar-refractivity contribution in [3.8, 4) is 0 Å². The Hall–Kier alpha value is -2.25. The Bertz CT molecular complexity index is 755. The van der Waals surface area contributed by atoms with Crippen LogP contribution in [-0.4, -0.2) is 36.9 Å². The number of anilines is 2. The van der Waals surface area contributed by atoms with Crippen molar-refractivity contribution >= 4 is 39.1 Å². The van der Waals surface area contributed by atoms with Crippen LogP contribution in [0, 0.1) is 5.82 Å². The van der Waals surface area contributed by atoms with E-state index in [4.69, 9.17) is 0 Å². The fourth-order valence-electron chi connectivity index (χ4n) is 2.14.